The number of sulfonamides is 1. The molecule has 1 aliphatic carbocycles. The number of pyridine rings is 1. The number of anilines is 1. The van der Waals surface area contributed by atoms with Gasteiger partial charge in [0.1, 0.15) is 0 Å². The topological polar surface area (TPSA) is 137 Å². The molecule has 0 bridgehead atoms. The minimum atomic E-state index is -3.68. The van der Waals surface area contributed by atoms with Gasteiger partial charge >= 0.3 is 0 Å². The van der Waals surface area contributed by atoms with Crippen LogP contribution < -0.4 is 16.2 Å². The first kappa shape index (κ1) is 24.3. The third-order valence-corrected chi connectivity index (χ3v) is 7.96. The van der Waals surface area contributed by atoms with Gasteiger partial charge in [-0.25, -0.2) is 23.1 Å². The van der Waals surface area contributed by atoms with Gasteiger partial charge < -0.3 is 11.5 Å². The normalized spacial score (nSPS) is 18.7. The van der Waals surface area contributed by atoms with Crippen molar-refractivity contribution >= 4 is 15.7 Å². The minimum Gasteiger partial charge on any atom is -0.396 e. The van der Waals surface area contributed by atoms with Crippen molar-refractivity contribution in [1.29, 1.82) is 0 Å². The molecule has 0 unspecified atom stereocenters. The van der Waals surface area contributed by atoms with Crippen LogP contribution in [0.1, 0.15) is 36.9 Å². The lowest BCUT2D eigenvalue weighted by Crippen LogP contribution is -2.33. The summed E-state index contributed by atoms with van der Waals surface area (Å²) < 4.78 is 29.0. The Hall–Kier alpha value is -2.88. The molecular formula is C25H32N6O2S. The summed E-state index contributed by atoms with van der Waals surface area (Å²) >= 11 is 0. The molecule has 4 rings (SSSR count). The van der Waals surface area contributed by atoms with Gasteiger partial charge in [0.25, 0.3) is 0 Å². The molecule has 1 fully saturated rings. The van der Waals surface area contributed by atoms with Crippen LogP contribution in [-0.4, -0.2) is 36.5 Å². The Kier molecular flexibility index (Phi) is 7.25. The van der Waals surface area contributed by atoms with E-state index in [9.17, 15) is 8.42 Å². The smallest absolute Gasteiger partial charge is 0.240 e. The fourth-order valence-corrected chi connectivity index (χ4v) is 5.71. The van der Waals surface area contributed by atoms with Gasteiger partial charge in [-0.1, -0.05) is 12.5 Å². The molecule has 1 aliphatic rings. The number of nitrogens with two attached hydrogens (primary N) is 2. The zero-order chi connectivity index (χ0) is 24.3. The summed E-state index contributed by atoms with van der Waals surface area (Å²) in [5, 5.41) is 0. The number of hydrogen-bond acceptors (Lipinski definition) is 7. The van der Waals surface area contributed by atoms with Crippen LogP contribution in [0, 0.1) is 25.7 Å². The average molecular weight is 481 g/mol. The van der Waals surface area contributed by atoms with Crippen molar-refractivity contribution in [3.8, 4) is 22.6 Å². The Morgan fingerprint density at radius 1 is 1.09 bits per heavy atom. The summed E-state index contributed by atoms with van der Waals surface area (Å²) in [5.41, 5.74) is 16.2. The van der Waals surface area contributed by atoms with Crippen molar-refractivity contribution in [2.45, 2.75) is 44.4 Å². The third-order valence-electron chi connectivity index (χ3n) is 6.53. The van der Waals surface area contributed by atoms with E-state index in [1.54, 1.807) is 30.6 Å². The molecule has 8 nitrogen and oxygen atoms in total. The van der Waals surface area contributed by atoms with Gasteiger partial charge in [-0.3, -0.25) is 4.98 Å². The third kappa shape index (κ3) is 5.43. The molecule has 1 saturated carbocycles. The van der Waals surface area contributed by atoms with Crippen LogP contribution in [0.3, 0.4) is 0 Å². The molecule has 0 spiro atoms. The molecule has 9 heteroatoms. The molecule has 0 amide bonds. The lowest BCUT2D eigenvalue weighted by molar-refractivity contribution is 0.272. The van der Waals surface area contributed by atoms with E-state index in [2.05, 4.69) is 19.7 Å². The molecule has 34 heavy (non-hydrogen) atoms. The lowest BCUT2D eigenvalue weighted by Gasteiger charge is -2.28. The molecule has 2 heterocycles. The molecule has 5 N–H and O–H groups in total. The Balaban J connectivity index is 1.60. The predicted molar refractivity (Wildman–Crippen MR) is 134 cm³/mol. The number of nitrogens with one attached hydrogen (secondary N) is 1. The first-order valence-corrected chi connectivity index (χ1v) is 13.1. The average Bonchev–Trinajstić information content (AvgIpc) is 2.83. The van der Waals surface area contributed by atoms with E-state index in [0.29, 0.717) is 47.7 Å². The number of aromatic nitrogens is 3. The van der Waals surface area contributed by atoms with Crippen LogP contribution in [0.5, 0.6) is 0 Å². The zero-order valence-corrected chi connectivity index (χ0v) is 20.5. The van der Waals surface area contributed by atoms with Gasteiger partial charge in [0.05, 0.1) is 22.5 Å². The minimum absolute atomic E-state index is 0.195. The summed E-state index contributed by atoms with van der Waals surface area (Å²) in [6, 6.07) is 8.78. The number of nitrogen functional groups attached to an aromatic ring is 1. The Labute approximate surface area is 201 Å². The molecule has 2 aromatic heterocycles. The van der Waals surface area contributed by atoms with Crippen molar-refractivity contribution in [1.82, 2.24) is 19.7 Å². The van der Waals surface area contributed by atoms with Crippen LogP contribution in [0.25, 0.3) is 22.6 Å². The number of rotatable bonds is 7. The summed E-state index contributed by atoms with van der Waals surface area (Å²) in [4.78, 5) is 13.5. The van der Waals surface area contributed by atoms with Crippen LogP contribution in [0.15, 0.2) is 47.6 Å². The number of nitrogens with zero attached hydrogens (tertiary/aromatic N) is 3. The summed E-state index contributed by atoms with van der Waals surface area (Å²) in [7, 11) is -3.68. The highest BCUT2D eigenvalue weighted by molar-refractivity contribution is 7.89. The molecule has 3 aromatic rings. The quantitative estimate of drug-likeness (QED) is 0.471. The number of hydrogen-bond donors (Lipinski definition) is 3. The maximum absolute atomic E-state index is 13.1. The Bertz CT molecular complexity index is 1280. The summed E-state index contributed by atoms with van der Waals surface area (Å²) in [6.45, 7) is 4.89. The molecule has 2 atom stereocenters. The number of aryl methyl sites for hydroxylation is 2. The van der Waals surface area contributed by atoms with Crippen molar-refractivity contribution < 1.29 is 8.42 Å². The SMILES string of the molecule is Cc1cc(-c2nc(-c3cc(S(=O)(=O)NC[C@H]4CCC[C@@H](CN)C4)ccc3C)ncc2N)ccn1. The van der Waals surface area contributed by atoms with Gasteiger partial charge in [0.15, 0.2) is 5.82 Å². The number of benzene rings is 1. The van der Waals surface area contributed by atoms with E-state index in [1.165, 1.54) is 0 Å². The molecule has 0 saturated heterocycles. The predicted octanol–water partition coefficient (Wildman–Crippen LogP) is 3.45. The maximum atomic E-state index is 13.1. The van der Waals surface area contributed by atoms with E-state index in [0.717, 1.165) is 42.5 Å². The van der Waals surface area contributed by atoms with Gasteiger partial charge in [-0.2, -0.15) is 0 Å². The fraction of sp³-hybridized carbons (Fsp3) is 0.400. The summed E-state index contributed by atoms with van der Waals surface area (Å²) in [5.74, 6) is 1.22. The highest BCUT2D eigenvalue weighted by atomic mass is 32.2. The van der Waals surface area contributed by atoms with E-state index < -0.39 is 10.0 Å². The molecule has 0 radical (unpaired) electrons. The maximum Gasteiger partial charge on any atom is 0.240 e. The van der Waals surface area contributed by atoms with Gasteiger partial charge in [0, 0.05) is 29.6 Å². The van der Waals surface area contributed by atoms with Gasteiger partial charge in [0.2, 0.25) is 10.0 Å². The van der Waals surface area contributed by atoms with Crippen LogP contribution >= 0.6 is 0 Å². The zero-order valence-electron chi connectivity index (χ0n) is 19.7. The lowest BCUT2D eigenvalue weighted by atomic mass is 9.81. The standard InChI is InChI=1S/C25H32N6O2S/c1-16-6-7-21(34(32,33)30-14-19-5-3-4-18(11-19)13-26)12-22(16)25-29-15-23(27)24(31-25)20-8-9-28-17(2)10-20/h6-10,12,15,18-19,30H,3-5,11,13-14,26-27H2,1-2H3/t18-,19+/m1/s1. The van der Waals surface area contributed by atoms with Crippen LogP contribution in [0.2, 0.25) is 0 Å². The van der Waals surface area contributed by atoms with Gasteiger partial charge in [-0.15, -0.1) is 0 Å². The molecular weight excluding hydrogens is 448 g/mol. The van der Waals surface area contributed by atoms with E-state index in [1.807, 2.05) is 26.0 Å². The first-order valence-electron chi connectivity index (χ1n) is 11.6. The van der Waals surface area contributed by atoms with E-state index in [4.69, 9.17) is 11.5 Å². The van der Waals surface area contributed by atoms with Gasteiger partial charge in [-0.05, 0) is 81.3 Å². The Morgan fingerprint density at radius 2 is 1.88 bits per heavy atom. The fourth-order valence-electron chi connectivity index (χ4n) is 4.57. The summed E-state index contributed by atoms with van der Waals surface area (Å²) in [6.07, 6.45) is 7.48. The second-order valence-corrected chi connectivity index (χ2v) is 10.9. The highest BCUT2D eigenvalue weighted by Crippen LogP contribution is 2.30. The Morgan fingerprint density at radius 3 is 2.65 bits per heavy atom. The monoisotopic (exact) mass is 480 g/mol. The van der Waals surface area contributed by atoms with Crippen LogP contribution in [-0.2, 0) is 10.0 Å². The van der Waals surface area contributed by atoms with Crippen molar-refractivity contribution in [2.75, 3.05) is 18.8 Å². The van der Waals surface area contributed by atoms with Crippen LogP contribution in [0.4, 0.5) is 5.69 Å². The largest absolute Gasteiger partial charge is 0.396 e. The molecule has 1 aromatic carbocycles. The van der Waals surface area contributed by atoms with E-state index >= 15 is 0 Å². The first-order chi connectivity index (χ1) is 16.3. The van der Waals surface area contributed by atoms with Crippen molar-refractivity contribution in [2.24, 2.45) is 17.6 Å². The van der Waals surface area contributed by atoms with Crippen molar-refractivity contribution in [3.05, 3.63) is 54.0 Å². The second-order valence-electron chi connectivity index (χ2n) is 9.15. The molecule has 0 aliphatic heterocycles. The van der Waals surface area contributed by atoms with Crippen molar-refractivity contribution in [3.63, 3.8) is 0 Å². The molecule has 180 valence electrons. The second kappa shape index (κ2) is 10.2. The highest BCUT2D eigenvalue weighted by Gasteiger charge is 2.24. The van der Waals surface area contributed by atoms with E-state index in [-0.39, 0.29) is 4.90 Å².